The maximum absolute atomic E-state index is 11.9. The lowest BCUT2D eigenvalue weighted by Gasteiger charge is -2.36. The molecule has 1 saturated heterocycles. The number of alkyl halides is 4. The first-order valence-electron chi connectivity index (χ1n) is 5.07. The van der Waals surface area contributed by atoms with Gasteiger partial charge < -0.3 is 10.1 Å². The van der Waals surface area contributed by atoms with Crippen LogP contribution in [0.4, 0.5) is 13.2 Å². The van der Waals surface area contributed by atoms with E-state index in [-0.39, 0.29) is 23.1 Å². The van der Waals surface area contributed by atoms with Gasteiger partial charge in [-0.2, -0.15) is 13.2 Å². The normalized spacial score (nSPS) is 21.0. The highest BCUT2D eigenvalue weighted by Gasteiger charge is 2.32. The Bertz CT molecular complexity index is 209. The fourth-order valence-electron chi connectivity index (χ4n) is 1.60. The molecule has 0 radical (unpaired) electrons. The molecule has 1 fully saturated rings. The lowest BCUT2D eigenvalue weighted by Crippen LogP contribution is -2.51. The topological polar surface area (TPSA) is 21.3 Å². The molecule has 1 N–H and O–H groups in total. The highest BCUT2D eigenvalue weighted by atomic mass is 35.5. The van der Waals surface area contributed by atoms with Crippen LogP contribution in [0.15, 0.2) is 0 Å². The molecule has 0 saturated carbocycles. The Morgan fingerprint density at radius 1 is 1.31 bits per heavy atom. The van der Waals surface area contributed by atoms with Crippen LogP contribution in [-0.2, 0) is 4.74 Å². The van der Waals surface area contributed by atoms with Crippen LogP contribution in [0.1, 0.15) is 12.8 Å². The van der Waals surface area contributed by atoms with Crippen LogP contribution in [-0.4, -0.2) is 42.4 Å². The summed E-state index contributed by atoms with van der Waals surface area (Å²) in [6.07, 6.45) is 1.51. The summed E-state index contributed by atoms with van der Waals surface area (Å²) in [6.45, 7) is 1.55. The maximum Gasteiger partial charge on any atom is 0.441 e. The number of thioether (sulfide) groups is 1. The van der Waals surface area contributed by atoms with E-state index in [0.717, 1.165) is 12.8 Å². The molecule has 0 spiro atoms. The second kappa shape index (κ2) is 6.33. The van der Waals surface area contributed by atoms with Crippen molar-refractivity contribution >= 4 is 23.4 Å². The Kier molecular flexibility index (Phi) is 5.70. The molecule has 0 atom stereocenters. The van der Waals surface area contributed by atoms with Crippen LogP contribution < -0.4 is 5.32 Å². The second-order valence-corrected chi connectivity index (χ2v) is 5.17. The van der Waals surface area contributed by atoms with Crippen LogP contribution in [0, 0.1) is 0 Å². The molecular weight excluding hydrogens is 263 g/mol. The van der Waals surface area contributed by atoms with E-state index in [4.69, 9.17) is 16.3 Å². The van der Waals surface area contributed by atoms with Crippen molar-refractivity contribution in [2.75, 3.05) is 31.4 Å². The third-order valence-corrected chi connectivity index (χ3v) is 3.82. The third-order valence-electron chi connectivity index (χ3n) is 2.57. The van der Waals surface area contributed by atoms with Crippen LogP contribution in [0.2, 0.25) is 0 Å². The summed E-state index contributed by atoms with van der Waals surface area (Å²) in [5.41, 5.74) is -4.39. The molecule has 1 aliphatic rings. The van der Waals surface area contributed by atoms with Crippen molar-refractivity contribution in [1.82, 2.24) is 5.32 Å². The first kappa shape index (κ1) is 14.4. The predicted molar refractivity (Wildman–Crippen MR) is 60.0 cm³/mol. The molecule has 0 aromatic carbocycles. The molecule has 1 rings (SSSR count). The Morgan fingerprint density at radius 3 is 2.44 bits per heavy atom. The van der Waals surface area contributed by atoms with E-state index >= 15 is 0 Å². The fraction of sp³-hybridized carbons (Fsp3) is 1.00. The minimum atomic E-state index is -4.15. The predicted octanol–water partition coefficient (Wildman–Crippen LogP) is 2.62. The molecule has 0 aliphatic carbocycles. The molecule has 16 heavy (non-hydrogen) atoms. The zero-order valence-electron chi connectivity index (χ0n) is 8.78. The highest BCUT2D eigenvalue weighted by Crippen LogP contribution is 2.30. The van der Waals surface area contributed by atoms with Gasteiger partial charge in [-0.3, -0.25) is 0 Å². The van der Waals surface area contributed by atoms with Gasteiger partial charge in [0.25, 0.3) is 0 Å². The number of rotatable bonds is 5. The summed E-state index contributed by atoms with van der Waals surface area (Å²) in [5, 5.41) is 3.12. The van der Waals surface area contributed by atoms with E-state index in [1.165, 1.54) is 0 Å². The van der Waals surface area contributed by atoms with Crippen LogP contribution >= 0.6 is 23.4 Å². The number of hydrogen-bond donors (Lipinski definition) is 1. The first-order chi connectivity index (χ1) is 7.47. The van der Waals surface area contributed by atoms with E-state index in [1.54, 1.807) is 0 Å². The van der Waals surface area contributed by atoms with Crippen LogP contribution in [0.5, 0.6) is 0 Å². The number of halogens is 4. The van der Waals surface area contributed by atoms with E-state index < -0.39 is 5.51 Å². The lowest BCUT2D eigenvalue weighted by atomic mass is 9.92. The Balaban J connectivity index is 2.23. The van der Waals surface area contributed by atoms with Gasteiger partial charge in [0, 0.05) is 36.9 Å². The molecule has 0 aromatic rings. The van der Waals surface area contributed by atoms with Gasteiger partial charge in [-0.25, -0.2) is 0 Å². The average molecular weight is 278 g/mol. The summed E-state index contributed by atoms with van der Waals surface area (Å²) < 4.78 is 40.9. The highest BCUT2D eigenvalue weighted by molar-refractivity contribution is 8.00. The third kappa shape index (κ3) is 5.12. The average Bonchev–Trinajstić information content (AvgIpc) is 2.25. The van der Waals surface area contributed by atoms with Crippen molar-refractivity contribution in [3.05, 3.63) is 0 Å². The maximum atomic E-state index is 11.9. The van der Waals surface area contributed by atoms with Crippen LogP contribution in [0.25, 0.3) is 0 Å². The van der Waals surface area contributed by atoms with Crippen molar-refractivity contribution < 1.29 is 17.9 Å². The first-order valence-corrected chi connectivity index (χ1v) is 6.59. The summed E-state index contributed by atoms with van der Waals surface area (Å²) in [6, 6.07) is 0. The quantitative estimate of drug-likeness (QED) is 0.617. The fourth-order valence-corrected chi connectivity index (χ4v) is 2.40. The van der Waals surface area contributed by atoms with Gasteiger partial charge in [-0.15, -0.1) is 11.6 Å². The summed E-state index contributed by atoms with van der Waals surface area (Å²) in [4.78, 5) is 0. The van der Waals surface area contributed by atoms with Gasteiger partial charge in [0.1, 0.15) is 0 Å². The number of hydrogen-bond acceptors (Lipinski definition) is 3. The number of nitrogens with one attached hydrogen (secondary N) is 1. The van der Waals surface area contributed by atoms with Crippen molar-refractivity contribution in [3.63, 3.8) is 0 Å². The number of ether oxygens (including phenoxy) is 1. The molecule has 0 bridgehead atoms. The summed E-state index contributed by atoms with van der Waals surface area (Å²) >= 11 is 5.85. The van der Waals surface area contributed by atoms with E-state index in [1.807, 2.05) is 0 Å². The van der Waals surface area contributed by atoms with Gasteiger partial charge in [-0.05, 0) is 24.6 Å². The summed E-state index contributed by atoms with van der Waals surface area (Å²) in [5.74, 6) is 0.427. The van der Waals surface area contributed by atoms with Gasteiger partial charge in [0.15, 0.2) is 0 Å². The second-order valence-electron chi connectivity index (χ2n) is 3.75. The van der Waals surface area contributed by atoms with Gasteiger partial charge >= 0.3 is 5.51 Å². The molecule has 0 aromatic heterocycles. The molecule has 2 nitrogen and oxygen atoms in total. The van der Waals surface area contributed by atoms with E-state index in [0.29, 0.717) is 25.6 Å². The Hall–Kier alpha value is 0.350. The summed E-state index contributed by atoms with van der Waals surface area (Å²) in [7, 11) is 0. The monoisotopic (exact) mass is 277 g/mol. The molecule has 0 unspecified atom stereocenters. The van der Waals surface area contributed by atoms with Gasteiger partial charge in [-0.1, -0.05) is 0 Å². The minimum absolute atomic E-state index is 0.00550. The molecule has 1 aliphatic heterocycles. The molecule has 0 amide bonds. The Morgan fingerprint density at radius 2 is 1.94 bits per heavy atom. The van der Waals surface area contributed by atoms with Gasteiger partial charge in [0.05, 0.1) is 0 Å². The van der Waals surface area contributed by atoms with E-state index in [2.05, 4.69) is 5.32 Å². The van der Waals surface area contributed by atoms with Crippen LogP contribution in [0.3, 0.4) is 0 Å². The zero-order valence-corrected chi connectivity index (χ0v) is 10.4. The minimum Gasteiger partial charge on any atom is -0.381 e. The van der Waals surface area contributed by atoms with Crippen molar-refractivity contribution in [3.8, 4) is 0 Å². The molecule has 96 valence electrons. The Labute approximate surface area is 102 Å². The molecule has 1 heterocycles. The SMILES string of the molecule is FC(F)(F)SCCNC1(CCl)CCOCC1. The van der Waals surface area contributed by atoms with Gasteiger partial charge in [0.2, 0.25) is 0 Å². The molecular formula is C9H15ClF3NOS. The van der Waals surface area contributed by atoms with Crippen molar-refractivity contribution in [1.29, 1.82) is 0 Å². The van der Waals surface area contributed by atoms with Crippen molar-refractivity contribution in [2.45, 2.75) is 23.9 Å². The van der Waals surface area contributed by atoms with Crippen molar-refractivity contribution in [2.24, 2.45) is 0 Å². The van der Waals surface area contributed by atoms with E-state index in [9.17, 15) is 13.2 Å². The lowest BCUT2D eigenvalue weighted by molar-refractivity contribution is -0.0328. The molecule has 7 heteroatoms. The standard InChI is InChI=1S/C9H15ClF3NOS/c10-7-8(1-4-15-5-2-8)14-3-6-16-9(11,12)13/h14H,1-7H2. The largest absolute Gasteiger partial charge is 0.441 e. The zero-order chi connectivity index (χ0) is 12.1. The smallest absolute Gasteiger partial charge is 0.381 e.